The van der Waals surface area contributed by atoms with Crippen LogP contribution in [0.4, 0.5) is 5.69 Å². The summed E-state index contributed by atoms with van der Waals surface area (Å²) in [5, 5.41) is 21.7. The van der Waals surface area contributed by atoms with Gasteiger partial charge in [-0.05, 0) is 43.4 Å². The molecule has 0 saturated heterocycles. The van der Waals surface area contributed by atoms with Crippen LogP contribution in [-0.2, 0) is 33.9 Å². The Morgan fingerprint density at radius 3 is 2.06 bits per heavy atom. The maximum atomic E-state index is 9.17. The van der Waals surface area contributed by atoms with E-state index in [1.165, 1.54) is 0 Å². The first-order valence-electron chi connectivity index (χ1n) is 5.81. The molecule has 0 fully saturated rings. The summed E-state index contributed by atoms with van der Waals surface area (Å²) in [6, 6.07) is 5.59. The maximum Gasteiger partial charge on any atom is 0.0682 e. The zero-order valence-electron chi connectivity index (χ0n) is 11.1. The topological polar surface area (TPSA) is 52.5 Å². The van der Waals surface area contributed by atoms with Crippen molar-refractivity contribution in [1.82, 2.24) is 0 Å². The van der Waals surface area contributed by atoms with Gasteiger partial charge in [-0.1, -0.05) is 17.3 Å². The third-order valence-corrected chi connectivity index (χ3v) is 5.97. The van der Waals surface area contributed by atoms with Gasteiger partial charge >= 0.3 is 0 Å². The Morgan fingerprint density at radius 1 is 1.17 bits per heavy atom. The molecule has 0 amide bonds. The maximum absolute atomic E-state index is 9.17. The van der Waals surface area contributed by atoms with Crippen molar-refractivity contribution >= 4 is 26.3 Å². The van der Waals surface area contributed by atoms with Gasteiger partial charge in [0.2, 0.25) is 0 Å². The van der Waals surface area contributed by atoms with Crippen molar-refractivity contribution in [2.24, 2.45) is 0 Å². The number of hydrogen-bond donors (Lipinski definition) is 3. The molecule has 102 valence electrons. The standard InChI is InChI=1S/C13H21NO2S2/c1-13(2,18(3)17)9-14-12-5-10(7-15)4-11(6-12)8-16/h4-6,14-16H,7-9H2,1-3H3. The van der Waals surface area contributed by atoms with Crippen molar-refractivity contribution in [3.63, 3.8) is 0 Å². The Labute approximate surface area is 116 Å². The average Bonchev–Trinajstić information content (AvgIpc) is 2.35. The number of rotatable bonds is 6. The lowest BCUT2D eigenvalue weighted by molar-refractivity contribution is 0.275. The lowest BCUT2D eigenvalue weighted by atomic mass is 10.1. The van der Waals surface area contributed by atoms with Crippen LogP contribution in [0.2, 0.25) is 0 Å². The van der Waals surface area contributed by atoms with E-state index >= 15 is 0 Å². The average molecular weight is 287 g/mol. The lowest BCUT2D eigenvalue weighted by Gasteiger charge is -2.25. The molecule has 0 aliphatic heterocycles. The molecule has 1 aromatic carbocycles. The van der Waals surface area contributed by atoms with Crippen molar-refractivity contribution in [2.75, 3.05) is 18.1 Å². The summed E-state index contributed by atoms with van der Waals surface area (Å²) in [4.78, 5) is 0. The summed E-state index contributed by atoms with van der Waals surface area (Å²) < 4.78 is 0.0456. The molecule has 0 aliphatic carbocycles. The molecule has 1 rings (SSSR count). The van der Waals surface area contributed by atoms with Crippen molar-refractivity contribution in [3.05, 3.63) is 29.3 Å². The first kappa shape index (κ1) is 15.6. The van der Waals surface area contributed by atoms with E-state index in [-0.39, 0.29) is 27.4 Å². The molecule has 0 aliphatic rings. The van der Waals surface area contributed by atoms with Crippen LogP contribution in [-0.4, -0.2) is 27.8 Å². The molecular weight excluding hydrogens is 266 g/mol. The van der Waals surface area contributed by atoms with Gasteiger partial charge in [0, 0.05) is 17.0 Å². The van der Waals surface area contributed by atoms with Gasteiger partial charge in [0.15, 0.2) is 0 Å². The fraction of sp³-hybridized carbons (Fsp3) is 0.538. The Kier molecular flexibility index (Phi) is 5.72. The minimum absolute atomic E-state index is 0.0227. The summed E-state index contributed by atoms with van der Waals surface area (Å²) in [5.41, 5.74) is 2.52. The van der Waals surface area contributed by atoms with E-state index in [0.717, 1.165) is 23.4 Å². The van der Waals surface area contributed by atoms with Gasteiger partial charge in [0.25, 0.3) is 0 Å². The third kappa shape index (κ3) is 4.31. The van der Waals surface area contributed by atoms with Crippen LogP contribution in [0.25, 0.3) is 0 Å². The number of benzene rings is 1. The summed E-state index contributed by atoms with van der Waals surface area (Å²) in [6.07, 6.45) is 2.06. The normalized spacial score (nSPS) is 13.4. The highest BCUT2D eigenvalue weighted by molar-refractivity contribution is 8.29. The van der Waals surface area contributed by atoms with Gasteiger partial charge in [0.05, 0.1) is 13.2 Å². The molecule has 0 bridgehead atoms. The third-order valence-electron chi connectivity index (χ3n) is 2.91. The molecule has 0 aromatic heterocycles. The smallest absolute Gasteiger partial charge is 0.0682 e. The van der Waals surface area contributed by atoms with Gasteiger partial charge in [-0.3, -0.25) is 0 Å². The minimum atomic E-state index is -0.0918. The highest BCUT2D eigenvalue weighted by atomic mass is 32.8. The summed E-state index contributed by atoms with van der Waals surface area (Å²) in [7, 11) is -0.0918. The first-order chi connectivity index (χ1) is 8.39. The van der Waals surface area contributed by atoms with Crippen LogP contribution in [0.5, 0.6) is 0 Å². The first-order valence-corrected chi connectivity index (χ1v) is 8.37. The van der Waals surface area contributed by atoms with Crippen molar-refractivity contribution in [1.29, 1.82) is 0 Å². The van der Waals surface area contributed by atoms with Gasteiger partial charge in [-0.25, -0.2) is 0 Å². The molecule has 1 aromatic rings. The second-order valence-corrected chi connectivity index (χ2v) is 8.44. The molecule has 0 spiro atoms. The van der Waals surface area contributed by atoms with Crippen molar-refractivity contribution in [3.8, 4) is 0 Å². The molecule has 0 saturated carbocycles. The molecule has 1 unspecified atom stereocenters. The van der Waals surface area contributed by atoms with Crippen molar-refractivity contribution in [2.45, 2.75) is 31.8 Å². The molecule has 3 N–H and O–H groups in total. The van der Waals surface area contributed by atoms with Crippen LogP contribution in [0.1, 0.15) is 25.0 Å². The van der Waals surface area contributed by atoms with E-state index in [2.05, 4.69) is 25.4 Å². The Balaban J connectivity index is 2.81. The molecule has 1 atom stereocenters. The van der Waals surface area contributed by atoms with Gasteiger partial charge in [0.1, 0.15) is 0 Å². The number of nitrogens with one attached hydrogen (secondary N) is 1. The van der Waals surface area contributed by atoms with Gasteiger partial charge in [-0.15, -0.1) is 9.45 Å². The molecule has 5 heteroatoms. The quantitative estimate of drug-likeness (QED) is 0.743. The molecule has 18 heavy (non-hydrogen) atoms. The predicted octanol–water partition coefficient (Wildman–Crippen LogP) is 1.57. The van der Waals surface area contributed by atoms with Crippen LogP contribution in [0.3, 0.4) is 0 Å². The van der Waals surface area contributed by atoms with Gasteiger partial charge in [-0.2, -0.15) is 0 Å². The Morgan fingerprint density at radius 2 is 1.67 bits per heavy atom. The highest BCUT2D eigenvalue weighted by Gasteiger charge is 2.19. The summed E-state index contributed by atoms with van der Waals surface area (Å²) in [6.45, 7) is 5.00. The van der Waals surface area contributed by atoms with Crippen LogP contribution in [0.15, 0.2) is 18.2 Å². The van der Waals surface area contributed by atoms with Crippen LogP contribution in [0, 0.1) is 0 Å². The van der Waals surface area contributed by atoms with E-state index in [9.17, 15) is 10.2 Å². The lowest BCUT2D eigenvalue weighted by Crippen LogP contribution is -2.33. The van der Waals surface area contributed by atoms with E-state index in [1.807, 2.05) is 12.1 Å². The fourth-order valence-corrected chi connectivity index (χ4v) is 1.92. The second-order valence-electron chi connectivity index (χ2n) is 4.92. The summed E-state index contributed by atoms with van der Waals surface area (Å²) >= 11 is 5.34. The van der Waals surface area contributed by atoms with E-state index < -0.39 is 0 Å². The van der Waals surface area contributed by atoms with Crippen molar-refractivity contribution < 1.29 is 10.2 Å². The predicted molar refractivity (Wildman–Crippen MR) is 81.5 cm³/mol. The van der Waals surface area contributed by atoms with E-state index in [1.54, 1.807) is 6.07 Å². The number of hydrogen-bond acceptors (Lipinski definition) is 4. The number of aliphatic hydroxyl groups excluding tert-OH is 2. The fourth-order valence-electron chi connectivity index (χ4n) is 1.46. The number of aliphatic hydroxyl groups is 2. The van der Waals surface area contributed by atoms with E-state index in [4.69, 9.17) is 11.2 Å². The molecule has 3 nitrogen and oxygen atoms in total. The van der Waals surface area contributed by atoms with Crippen LogP contribution < -0.4 is 5.32 Å². The van der Waals surface area contributed by atoms with Crippen LogP contribution >= 0.6 is 0 Å². The zero-order valence-corrected chi connectivity index (χ0v) is 12.7. The van der Waals surface area contributed by atoms with E-state index in [0.29, 0.717) is 0 Å². The molecular formula is C13H21NO2S2. The highest BCUT2D eigenvalue weighted by Crippen LogP contribution is 2.18. The SMILES string of the molecule is CS(=S)C(C)(C)CNc1cc(CO)cc(CO)c1. The molecule has 0 heterocycles. The zero-order chi connectivity index (χ0) is 13.8. The molecule has 0 radical (unpaired) electrons. The second kappa shape index (κ2) is 6.61. The largest absolute Gasteiger partial charge is 0.392 e. The monoisotopic (exact) mass is 287 g/mol. The van der Waals surface area contributed by atoms with Gasteiger partial charge < -0.3 is 15.5 Å². The number of anilines is 1. The summed E-state index contributed by atoms with van der Waals surface area (Å²) in [5.74, 6) is 0. The minimum Gasteiger partial charge on any atom is -0.392 e. The Bertz CT molecular complexity index is 411. The Hall–Kier alpha value is -0.490.